The van der Waals surface area contributed by atoms with Crippen LogP contribution in [0.4, 0.5) is 0 Å². The molecule has 0 aromatic carbocycles. The molecule has 9 heteroatoms. The molecular weight excluding hydrogens is 388 g/mol. The number of amides is 1. The number of halogens is 1. The van der Waals surface area contributed by atoms with Crippen LogP contribution in [0.25, 0.3) is 0 Å². The summed E-state index contributed by atoms with van der Waals surface area (Å²) in [6, 6.07) is 3.28. The van der Waals surface area contributed by atoms with Crippen molar-refractivity contribution in [1.29, 1.82) is 0 Å². The quantitative estimate of drug-likeness (QED) is 0.655. The Balaban J connectivity index is 1.89. The summed E-state index contributed by atoms with van der Waals surface area (Å²) < 4.78 is 26.9. The Morgan fingerprint density at radius 1 is 1.37 bits per heavy atom. The van der Waals surface area contributed by atoms with E-state index in [-0.39, 0.29) is 27.9 Å². The number of rotatable bonds is 8. The first-order valence-electron chi connectivity index (χ1n) is 9.43. The van der Waals surface area contributed by atoms with Gasteiger partial charge in [0.15, 0.2) is 0 Å². The van der Waals surface area contributed by atoms with Gasteiger partial charge in [-0.1, -0.05) is 25.4 Å². The number of piperidine rings is 1. The van der Waals surface area contributed by atoms with Crippen molar-refractivity contribution in [3.05, 3.63) is 23.5 Å². The van der Waals surface area contributed by atoms with Crippen LogP contribution in [0.3, 0.4) is 0 Å². The van der Waals surface area contributed by atoms with Gasteiger partial charge in [0.25, 0.3) is 0 Å². The Hall–Kier alpha value is -1.22. The molecule has 27 heavy (non-hydrogen) atoms. The first-order chi connectivity index (χ1) is 12.8. The van der Waals surface area contributed by atoms with Gasteiger partial charge < -0.3 is 5.32 Å². The van der Waals surface area contributed by atoms with E-state index in [1.54, 1.807) is 6.07 Å². The summed E-state index contributed by atoms with van der Waals surface area (Å²) in [6.45, 7) is 9.40. The van der Waals surface area contributed by atoms with Crippen LogP contribution in [0.5, 0.6) is 0 Å². The van der Waals surface area contributed by atoms with Crippen molar-refractivity contribution in [3.8, 4) is 0 Å². The molecule has 1 fully saturated rings. The van der Waals surface area contributed by atoms with E-state index in [1.807, 2.05) is 0 Å². The molecule has 1 aliphatic heterocycles. The van der Waals surface area contributed by atoms with Crippen molar-refractivity contribution in [2.24, 2.45) is 5.92 Å². The predicted octanol–water partition coefficient (Wildman–Crippen LogP) is 1.98. The van der Waals surface area contributed by atoms with Gasteiger partial charge in [-0.2, -0.15) is 4.31 Å². The van der Waals surface area contributed by atoms with Crippen LogP contribution in [-0.2, 0) is 14.8 Å². The number of pyridine rings is 1. The van der Waals surface area contributed by atoms with Crippen molar-refractivity contribution in [2.45, 2.75) is 44.6 Å². The van der Waals surface area contributed by atoms with Gasteiger partial charge in [-0.3, -0.25) is 9.69 Å². The van der Waals surface area contributed by atoms with Crippen LogP contribution in [0, 0.1) is 5.92 Å². The molecule has 1 aliphatic rings. The number of carbonyl (C=O) groups is 1. The number of likely N-dealkylation sites (N-methyl/N-ethyl adjacent to an activating group) is 1. The Kier molecular flexibility index (Phi) is 8.03. The summed E-state index contributed by atoms with van der Waals surface area (Å²) in [4.78, 5) is 18.6. The summed E-state index contributed by atoms with van der Waals surface area (Å²) in [5.74, 6) is -0.157. The fourth-order valence-electron chi connectivity index (χ4n) is 3.43. The predicted molar refractivity (Wildman–Crippen MR) is 106 cm³/mol. The highest BCUT2D eigenvalue weighted by Gasteiger charge is 2.33. The van der Waals surface area contributed by atoms with Crippen molar-refractivity contribution in [3.63, 3.8) is 0 Å². The van der Waals surface area contributed by atoms with Crippen molar-refractivity contribution in [2.75, 3.05) is 32.7 Å². The molecule has 1 amide bonds. The Morgan fingerprint density at radius 2 is 2.00 bits per heavy atom. The van der Waals surface area contributed by atoms with Gasteiger partial charge >= 0.3 is 0 Å². The molecular formula is C18H29ClN4O3S. The van der Waals surface area contributed by atoms with Crippen molar-refractivity contribution in [1.82, 2.24) is 19.5 Å². The van der Waals surface area contributed by atoms with Crippen LogP contribution in [0.15, 0.2) is 23.2 Å². The summed E-state index contributed by atoms with van der Waals surface area (Å²) in [5.41, 5.74) is 0. The molecule has 2 rings (SSSR count). The van der Waals surface area contributed by atoms with Crippen LogP contribution in [0.1, 0.15) is 33.6 Å². The van der Waals surface area contributed by atoms with Gasteiger partial charge in [-0.05, 0) is 45.0 Å². The number of carbonyl (C=O) groups excluding carboxylic acids is 1. The molecule has 0 bridgehead atoms. The minimum absolute atomic E-state index is 0.00506. The van der Waals surface area contributed by atoms with E-state index in [0.29, 0.717) is 32.5 Å². The highest BCUT2D eigenvalue weighted by atomic mass is 35.5. The molecule has 0 radical (unpaired) electrons. The van der Waals surface area contributed by atoms with Crippen molar-refractivity contribution < 1.29 is 13.2 Å². The molecule has 0 spiro atoms. The SMILES string of the molecule is CCN(CC)C(C)CNC(=O)C1CCN(S(=O)(=O)c2cccnc2Cl)CC1. The molecule has 152 valence electrons. The monoisotopic (exact) mass is 416 g/mol. The minimum atomic E-state index is -3.69. The molecule has 0 saturated carbocycles. The largest absolute Gasteiger partial charge is 0.354 e. The summed E-state index contributed by atoms with van der Waals surface area (Å²) in [5, 5.41) is 2.99. The molecule has 1 aromatic rings. The van der Waals surface area contributed by atoms with E-state index in [0.717, 1.165) is 13.1 Å². The van der Waals surface area contributed by atoms with Crippen LogP contribution in [-0.4, -0.2) is 67.3 Å². The third-order valence-electron chi connectivity index (χ3n) is 5.17. The van der Waals surface area contributed by atoms with Gasteiger partial charge in [-0.15, -0.1) is 0 Å². The number of sulfonamides is 1. The molecule has 1 saturated heterocycles. The number of aromatic nitrogens is 1. The smallest absolute Gasteiger partial charge is 0.246 e. The maximum atomic E-state index is 12.7. The molecule has 7 nitrogen and oxygen atoms in total. The number of hydrogen-bond acceptors (Lipinski definition) is 5. The number of hydrogen-bond donors (Lipinski definition) is 1. The van der Waals surface area contributed by atoms with E-state index < -0.39 is 10.0 Å². The minimum Gasteiger partial charge on any atom is -0.354 e. The van der Waals surface area contributed by atoms with Crippen LogP contribution >= 0.6 is 11.6 Å². The van der Waals surface area contributed by atoms with E-state index in [2.05, 4.69) is 36.0 Å². The average molecular weight is 417 g/mol. The molecule has 1 unspecified atom stereocenters. The van der Waals surface area contributed by atoms with E-state index >= 15 is 0 Å². The third kappa shape index (κ3) is 5.40. The molecule has 1 aromatic heterocycles. The highest BCUT2D eigenvalue weighted by molar-refractivity contribution is 7.89. The molecule has 0 aliphatic carbocycles. The van der Waals surface area contributed by atoms with Gasteiger partial charge in [0.1, 0.15) is 10.0 Å². The Morgan fingerprint density at radius 3 is 2.56 bits per heavy atom. The summed E-state index contributed by atoms with van der Waals surface area (Å²) in [6.07, 6.45) is 2.46. The molecule has 2 heterocycles. The standard InChI is InChI=1S/C18H29ClN4O3S/c1-4-22(5-2)14(3)13-21-18(24)15-8-11-23(12-9-15)27(25,26)16-7-6-10-20-17(16)19/h6-7,10,14-15H,4-5,8-9,11-13H2,1-3H3,(H,21,24). The van der Waals surface area contributed by atoms with Crippen LogP contribution < -0.4 is 5.32 Å². The van der Waals surface area contributed by atoms with Gasteiger partial charge in [0.2, 0.25) is 15.9 Å². The zero-order chi connectivity index (χ0) is 20.0. The zero-order valence-corrected chi connectivity index (χ0v) is 17.8. The van der Waals surface area contributed by atoms with Gasteiger partial charge in [-0.25, -0.2) is 13.4 Å². The Bertz CT molecular complexity index is 732. The average Bonchev–Trinajstić information content (AvgIpc) is 2.67. The lowest BCUT2D eigenvalue weighted by Gasteiger charge is -2.31. The fraction of sp³-hybridized carbons (Fsp3) is 0.667. The lowest BCUT2D eigenvalue weighted by atomic mass is 9.97. The second kappa shape index (κ2) is 9.82. The highest BCUT2D eigenvalue weighted by Crippen LogP contribution is 2.27. The third-order valence-corrected chi connectivity index (χ3v) is 7.52. The maximum absolute atomic E-state index is 12.7. The van der Waals surface area contributed by atoms with Crippen LogP contribution in [0.2, 0.25) is 5.15 Å². The topological polar surface area (TPSA) is 82.6 Å². The first kappa shape index (κ1) is 22.1. The van der Waals surface area contributed by atoms with Gasteiger partial charge in [0.05, 0.1) is 0 Å². The van der Waals surface area contributed by atoms with Gasteiger partial charge in [0, 0.05) is 37.8 Å². The van der Waals surface area contributed by atoms with E-state index in [4.69, 9.17) is 11.6 Å². The lowest BCUT2D eigenvalue weighted by Crippen LogP contribution is -2.46. The maximum Gasteiger partial charge on any atom is 0.246 e. The second-order valence-corrected chi connectivity index (χ2v) is 9.05. The fourth-order valence-corrected chi connectivity index (χ4v) is 5.33. The zero-order valence-electron chi connectivity index (χ0n) is 16.2. The Labute approximate surface area is 167 Å². The van der Waals surface area contributed by atoms with E-state index in [1.165, 1.54) is 16.6 Å². The molecule has 1 atom stereocenters. The van der Waals surface area contributed by atoms with Crippen molar-refractivity contribution >= 4 is 27.5 Å². The number of nitrogens with zero attached hydrogens (tertiary/aromatic N) is 3. The second-order valence-electron chi connectivity index (χ2n) is 6.79. The van der Waals surface area contributed by atoms with E-state index in [9.17, 15) is 13.2 Å². The first-order valence-corrected chi connectivity index (χ1v) is 11.2. The summed E-state index contributed by atoms with van der Waals surface area (Å²) >= 11 is 5.94. The lowest BCUT2D eigenvalue weighted by molar-refractivity contribution is -0.126. The molecule has 1 N–H and O–H groups in total. The number of nitrogens with one attached hydrogen (secondary N) is 1. The summed E-state index contributed by atoms with van der Waals surface area (Å²) in [7, 11) is -3.69. The normalized spacial score (nSPS) is 17.8.